The highest BCUT2D eigenvalue weighted by Crippen LogP contribution is 2.27. The van der Waals surface area contributed by atoms with Gasteiger partial charge >= 0.3 is 0 Å². The van der Waals surface area contributed by atoms with Crippen LogP contribution < -0.4 is 25.6 Å². The fraction of sp³-hybridized carbons (Fsp3) is 0.300. The lowest BCUT2D eigenvalue weighted by molar-refractivity contribution is -0.121. The smallest absolute Gasteiger partial charge is 0.242 e. The van der Waals surface area contributed by atoms with Crippen LogP contribution in [-0.4, -0.2) is 31.8 Å². The number of hydrogen-bond acceptors (Lipinski definition) is 4. The van der Waals surface area contributed by atoms with Crippen LogP contribution in [0.2, 0.25) is 0 Å². The molecule has 0 fully saturated rings. The molecule has 0 aliphatic carbocycles. The SMILES string of the molecule is COc1ccc(CCNC(=S)NNC(=O)Cc2ccc(C)cc2)cc1OC. The Morgan fingerprint density at radius 2 is 1.63 bits per heavy atom. The van der Waals surface area contributed by atoms with Gasteiger partial charge in [-0.1, -0.05) is 35.9 Å². The van der Waals surface area contributed by atoms with Gasteiger partial charge in [-0.2, -0.15) is 0 Å². The van der Waals surface area contributed by atoms with Crippen molar-refractivity contribution in [1.82, 2.24) is 16.2 Å². The molecule has 6 nitrogen and oxygen atoms in total. The average molecular weight is 388 g/mol. The van der Waals surface area contributed by atoms with Gasteiger partial charge in [-0.25, -0.2) is 0 Å². The van der Waals surface area contributed by atoms with Crippen molar-refractivity contribution in [2.45, 2.75) is 19.8 Å². The molecule has 3 N–H and O–H groups in total. The number of carbonyl (C=O) groups is 1. The number of ether oxygens (including phenoxy) is 2. The number of hydrogen-bond donors (Lipinski definition) is 3. The third-order valence-electron chi connectivity index (χ3n) is 3.95. The maximum atomic E-state index is 11.9. The number of aryl methyl sites for hydroxylation is 1. The number of thiocarbonyl (C=S) groups is 1. The Balaban J connectivity index is 1.70. The van der Waals surface area contributed by atoms with Gasteiger partial charge in [-0.15, -0.1) is 0 Å². The van der Waals surface area contributed by atoms with Crippen molar-refractivity contribution in [2.24, 2.45) is 0 Å². The van der Waals surface area contributed by atoms with Crippen LogP contribution in [0.5, 0.6) is 11.5 Å². The maximum Gasteiger partial charge on any atom is 0.242 e. The summed E-state index contributed by atoms with van der Waals surface area (Å²) >= 11 is 5.18. The molecule has 0 unspecified atom stereocenters. The van der Waals surface area contributed by atoms with Crippen molar-refractivity contribution < 1.29 is 14.3 Å². The summed E-state index contributed by atoms with van der Waals surface area (Å²) in [6, 6.07) is 13.6. The number of benzene rings is 2. The predicted molar refractivity (Wildman–Crippen MR) is 110 cm³/mol. The minimum Gasteiger partial charge on any atom is -0.493 e. The second kappa shape index (κ2) is 10.4. The third kappa shape index (κ3) is 6.79. The molecule has 0 radical (unpaired) electrons. The molecule has 27 heavy (non-hydrogen) atoms. The highest BCUT2D eigenvalue weighted by molar-refractivity contribution is 7.80. The number of methoxy groups -OCH3 is 2. The molecule has 0 atom stereocenters. The fourth-order valence-corrected chi connectivity index (χ4v) is 2.62. The van der Waals surface area contributed by atoms with Gasteiger partial charge in [-0.05, 0) is 48.8 Å². The van der Waals surface area contributed by atoms with Crippen molar-refractivity contribution >= 4 is 23.2 Å². The lowest BCUT2D eigenvalue weighted by Crippen LogP contribution is -2.47. The number of nitrogens with one attached hydrogen (secondary N) is 3. The Hall–Kier alpha value is -2.80. The van der Waals surface area contributed by atoms with Gasteiger partial charge in [-0.3, -0.25) is 15.6 Å². The summed E-state index contributed by atoms with van der Waals surface area (Å²) < 4.78 is 10.5. The molecular formula is C20H25N3O3S. The molecule has 0 bridgehead atoms. The highest BCUT2D eigenvalue weighted by atomic mass is 32.1. The molecular weight excluding hydrogens is 362 g/mol. The van der Waals surface area contributed by atoms with Gasteiger partial charge in [0, 0.05) is 6.54 Å². The highest BCUT2D eigenvalue weighted by Gasteiger charge is 2.06. The quantitative estimate of drug-likeness (QED) is 0.500. The maximum absolute atomic E-state index is 11.9. The first-order valence-electron chi connectivity index (χ1n) is 8.61. The summed E-state index contributed by atoms with van der Waals surface area (Å²) in [6.07, 6.45) is 1.04. The van der Waals surface area contributed by atoms with E-state index in [2.05, 4.69) is 16.2 Å². The fourth-order valence-electron chi connectivity index (χ4n) is 2.46. The number of carbonyl (C=O) groups excluding carboxylic acids is 1. The Bertz CT molecular complexity index is 779. The van der Waals surface area contributed by atoms with Gasteiger partial charge in [0.1, 0.15) is 0 Å². The molecule has 0 aromatic heterocycles. The van der Waals surface area contributed by atoms with Gasteiger partial charge in [0.05, 0.1) is 20.6 Å². The number of hydrazine groups is 1. The van der Waals surface area contributed by atoms with E-state index in [0.29, 0.717) is 29.6 Å². The summed E-state index contributed by atoms with van der Waals surface area (Å²) in [5.74, 6) is 1.24. The van der Waals surface area contributed by atoms with Gasteiger partial charge in [0.25, 0.3) is 0 Å². The molecule has 2 rings (SSSR count). The van der Waals surface area contributed by atoms with E-state index in [1.54, 1.807) is 14.2 Å². The van der Waals surface area contributed by atoms with E-state index in [0.717, 1.165) is 23.1 Å². The van der Waals surface area contributed by atoms with E-state index < -0.39 is 0 Å². The minimum absolute atomic E-state index is 0.150. The second-order valence-electron chi connectivity index (χ2n) is 6.03. The normalized spacial score (nSPS) is 10.0. The lowest BCUT2D eigenvalue weighted by Gasteiger charge is -2.13. The Morgan fingerprint density at radius 1 is 0.963 bits per heavy atom. The molecule has 0 heterocycles. The standard InChI is InChI=1S/C20H25N3O3S/c1-14-4-6-15(7-5-14)13-19(24)22-23-20(27)21-11-10-16-8-9-17(25-2)18(12-16)26-3/h4-9,12H,10-11,13H2,1-3H3,(H,22,24)(H2,21,23,27). The first-order chi connectivity index (χ1) is 13.0. The molecule has 0 spiro atoms. The van der Waals surface area contributed by atoms with E-state index in [1.807, 2.05) is 49.4 Å². The zero-order chi connectivity index (χ0) is 19.6. The molecule has 0 aliphatic heterocycles. The van der Waals surface area contributed by atoms with Gasteiger partial charge in [0.15, 0.2) is 16.6 Å². The minimum atomic E-state index is -0.150. The summed E-state index contributed by atoms with van der Waals surface area (Å²) in [5.41, 5.74) is 8.52. The van der Waals surface area contributed by atoms with Crippen molar-refractivity contribution in [1.29, 1.82) is 0 Å². The summed E-state index contributed by atoms with van der Waals surface area (Å²) in [7, 11) is 3.22. The van der Waals surface area contributed by atoms with Crippen LogP contribution >= 0.6 is 12.2 Å². The first kappa shape index (κ1) is 20.5. The van der Waals surface area contributed by atoms with Crippen LogP contribution in [0, 0.1) is 6.92 Å². The number of amides is 1. The van der Waals surface area contributed by atoms with Crippen molar-refractivity contribution in [3.05, 3.63) is 59.2 Å². The van der Waals surface area contributed by atoms with Crippen LogP contribution in [0.3, 0.4) is 0 Å². The average Bonchev–Trinajstić information content (AvgIpc) is 2.68. The van der Waals surface area contributed by atoms with Crippen LogP contribution in [0.25, 0.3) is 0 Å². The largest absolute Gasteiger partial charge is 0.493 e. The Labute approximate surface area is 165 Å². The van der Waals surface area contributed by atoms with Crippen molar-refractivity contribution in [3.63, 3.8) is 0 Å². The Morgan fingerprint density at radius 3 is 2.30 bits per heavy atom. The van der Waals surface area contributed by atoms with E-state index in [1.165, 1.54) is 0 Å². The summed E-state index contributed by atoms with van der Waals surface area (Å²) in [4.78, 5) is 11.9. The molecule has 144 valence electrons. The van der Waals surface area contributed by atoms with E-state index in [4.69, 9.17) is 21.7 Å². The molecule has 7 heteroatoms. The van der Waals surface area contributed by atoms with Gasteiger partial charge in [0.2, 0.25) is 5.91 Å². The van der Waals surface area contributed by atoms with Crippen LogP contribution in [0.15, 0.2) is 42.5 Å². The van der Waals surface area contributed by atoms with Crippen molar-refractivity contribution in [3.8, 4) is 11.5 Å². The first-order valence-corrected chi connectivity index (χ1v) is 9.01. The van der Waals surface area contributed by atoms with E-state index in [9.17, 15) is 4.79 Å². The molecule has 0 aliphatic rings. The second-order valence-corrected chi connectivity index (χ2v) is 6.44. The van der Waals surface area contributed by atoms with E-state index in [-0.39, 0.29) is 5.91 Å². The Kier molecular flexibility index (Phi) is 7.88. The van der Waals surface area contributed by atoms with Crippen LogP contribution in [0.1, 0.15) is 16.7 Å². The molecule has 0 saturated heterocycles. The summed E-state index contributed by atoms with van der Waals surface area (Å²) in [5, 5.41) is 3.43. The molecule has 2 aromatic carbocycles. The lowest BCUT2D eigenvalue weighted by atomic mass is 10.1. The molecule has 1 amide bonds. The monoisotopic (exact) mass is 387 g/mol. The predicted octanol–water partition coefficient (Wildman–Crippen LogP) is 2.29. The van der Waals surface area contributed by atoms with Crippen LogP contribution in [-0.2, 0) is 17.6 Å². The molecule has 2 aromatic rings. The van der Waals surface area contributed by atoms with Gasteiger partial charge < -0.3 is 14.8 Å². The van der Waals surface area contributed by atoms with E-state index >= 15 is 0 Å². The van der Waals surface area contributed by atoms with Crippen molar-refractivity contribution in [2.75, 3.05) is 20.8 Å². The number of rotatable bonds is 7. The zero-order valence-corrected chi connectivity index (χ0v) is 16.6. The molecule has 0 saturated carbocycles. The topological polar surface area (TPSA) is 71.6 Å². The van der Waals surface area contributed by atoms with Crippen LogP contribution in [0.4, 0.5) is 0 Å². The third-order valence-corrected chi connectivity index (χ3v) is 4.19. The summed E-state index contributed by atoms with van der Waals surface area (Å²) in [6.45, 7) is 2.63. The zero-order valence-electron chi connectivity index (χ0n) is 15.8.